The Labute approximate surface area is 184 Å². The number of ether oxygens (including phenoxy) is 1. The Morgan fingerprint density at radius 3 is 2.61 bits per heavy atom. The van der Waals surface area contributed by atoms with Crippen LogP contribution in [0.5, 0.6) is 5.75 Å². The molecule has 31 heavy (non-hydrogen) atoms. The molecule has 3 rings (SSSR count). The highest BCUT2D eigenvalue weighted by Crippen LogP contribution is 2.24. The summed E-state index contributed by atoms with van der Waals surface area (Å²) in [7, 11) is 0. The lowest BCUT2D eigenvalue weighted by molar-refractivity contribution is -0.138. The second-order valence-corrected chi connectivity index (χ2v) is 7.97. The summed E-state index contributed by atoms with van der Waals surface area (Å²) in [5, 5.41) is 9.43. The largest absolute Gasteiger partial charge is 0.483 e. The molecule has 1 N–H and O–H groups in total. The van der Waals surface area contributed by atoms with E-state index < -0.39 is 17.6 Å². The number of amides is 1. The van der Waals surface area contributed by atoms with Crippen LogP contribution in [0.3, 0.4) is 0 Å². The summed E-state index contributed by atoms with van der Waals surface area (Å²) >= 11 is 5.92. The van der Waals surface area contributed by atoms with Crippen molar-refractivity contribution in [3.8, 4) is 5.75 Å². The molecule has 166 valence electrons. The summed E-state index contributed by atoms with van der Waals surface area (Å²) in [6.45, 7) is 3.78. The Kier molecular flexibility index (Phi) is 7.46. The zero-order valence-corrected chi connectivity index (χ0v) is 17.7. The molecule has 6 nitrogen and oxygen atoms in total. The molecule has 0 unspecified atom stereocenters. The van der Waals surface area contributed by atoms with E-state index in [1.807, 2.05) is 6.92 Å². The second kappa shape index (κ2) is 10.1. The fourth-order valence-electron chi connectivity index (χ4n) is 3.66. The van der Waals surface area contributed by atoms with Crippen LogP contribution in [-0.2, 0) is 22.6 Å². The molecule has 1 aliphatic heterocycles. The number of hydrogen-bond acceptors (Lipinski definition) is 4. The van der Waals surface area contributed by atoms with E-state index in [2.05, 4.69) is 4.90 Å². The number of nitrogens with zero attached hydrogens (tertiary/aromatic N) is 2. The lowest BCUT2D eigenvalue weighted by Crippen LogP contribution is -2.54. The van der Waals surface area contributed by atoms with Crippen molar-refractivity contribution < 1.29 is 28.2 Å². The van der Waals surface area contributed by atoms with Gasteiger partial charge in [-0.2, -0.15) is 0 Å². The Balaban J connectivity index is 1.55. The molecule has 1 aliphatic rings. The molecule has 1 amide bonds. The number of rotatable bonds is 7. The third-order valence-electron chi connectivity index (χ3n) is 5.14. The van der Waals surface area contributed by atoms with Crippen LogP contribution in [0.25, 0.3) is 0 Å². The highest BCUT2D eigenvalue weighted by atomic mass is 35.5. The van der Waals surface area contributed by atoms with Crippen molar-refractivity contribution in [2.75, 3.05) is 26.2 Å². The first-order valence-electron chi connectivity index (χ1n) is 9.81. The molecular formula is C22H23ClF2N2O4. The first-order chi connectivity index (χ1) is 14.7. The molecular weight excluding hydrogens is 430 g/mol. The Morgan fingerprint density at radius 1 is 1.16 bits per heavy atom. The minimum atomic E-state index is -1.02. The van der Waals surface area contributed by atoms with E-state index in [4.69, 9.17) is 21.4 Å². The van der Waals surface area contributed by atoms with Crippen LogP contribution in [0.4, 0.5) is 8.78 Å². The maximum atomic E-state index is 13.4. The van der Waals surface area contributed by atoms with Gasteiger partial charge in [-0.15, -0.1) is 0 Å². The molecule has 0 saturated carbocycles. The quantitative estimate of drug-likeness (QED) is 0.697. The fourth-order valence-corrected chi connectivity index (χ4v) is 3.85. The molecule has 1 fully saturated rings. The molecule has 2 aromatic carbocycles. The average Bonchev–Trinajstić information content (AvgIpc) is 2.69. The second-order valence-electron chi connectivity index (χ2n) is 7.53. The van der Waals surface area contributed by atoms with Gasteiger partial charge in [-0.3, -0.25) is 14.5 Å². The van der Waals surface area contributed by atoms with Crippen LogP contribution in [0.15, 0.2) is 36.4 Å². The minimum Gasteiger partial charge on any atom is -0.483 e. The number of carbonyl (C=O) groups is 2. The van der Waals surface area contributed by atoms with Gasteiger partial charge in [0.25, 0.3) is 5.91 Å². The van der Waals surface area contributed by atoms with E-state index in [1.165, 1.54) is 12.1 Å². The number of carbonyl (C=O) groups excluding carboxylic acids is 1. The van der Waals surface area contributed by atoms with Crippen LogP contribution >= 0.6 is 11.6 Å². The summed E-state index contributed by atoms with van der Waals surface area (Å²) in [5.74, 6) is -2.68. The molecule has 1 saturated heterocycles. The number of carboxylic acid groups (broad SMARTS) is 1. The normalized spacial score (nSPS) is 16.9. The maximum absolute atomic E-state index is 13.4. The van der Waals surface area contributed by atoms with E-state index >= 15 is 0 Å². The number of aliphatic carboxylic acids is 1. The first kappa shape index (κ1) is 23.0. The van der Waals surface area contributed by atoms with Gasteiger partial charge in [0.15, 0.2) is 18.2 Å². The van der Waals surface area contributed by atoms with Crippen LogP contribution < -0.4 is 4.74 Å². The number of piperazine rings is 1. The zero-order chi connectivity index (χ0) is 22.5. The maximum Gasteiger partial charge on any atom is 0.307 e. The molecule has 0 spiro atoms. The Hall–Kier alpha value is -2.71. The van der Waals surface area contributed by atoms with Crippen LogP contribution in [0.2, 0.25) is 5.02 Å². The summed E-state index contributed by atoms with van der Waals surface area (Å²) in [5.41, 5.74) is 1.07. The Morgan fingerprint density at radius 2 is 1.94 bits per heavy atom. The number of hydrogen-bond donors (Lipinski definition) is 1. The van der Waals surface area contributed by atoms with Gasteiger partial charge in [0.1, 0.15) is 5.75 Å². The van der Waals surface area contributed by atoms with Crippen molar-refractivity contribution in [1.29, 1.82) is 0 Å². The molecule has 1 atom stereocenters. The van der Waals surface area contributed by atoms with Crippen molar-refractivity contribution in [3.63, 3.8) is 0 Å². The molecule has 0 aliphatic carbocycles. The highest BCUT2D eigenvalue weighted by molar-refractivity contribution is 6.30. The van der Waals surface area contributed by atoms with E-state index in [0.29, 0.717) is 48.1 Å². The van der Waals surface area contributed by atoms with Crippen LogP contribution in [-0.4, -0.2) is 59.1 Å². The Bertz CT molecular complexity index is 973. The standard InChI is InChI=1S/C22H23ClF2N2O4/c1-14-11-26(12-15-2-4-18(24)19(25)8-15)6-7-27(14)21(28)13-31-20-5-3-17(23)9-16(20)10-22(29)30/h2-5,8-9,14H,6-7,10-13H2,1H3,(H,29,30)/t14-/m1/s1. The summed E-state index contributed by atoms with van der Waals surface area (Å²) in [6.07, 6.45) is -0.261. The molecule has 0 radical (unpaired) electrons. The summed E-state index contributed by atoms with van der Waals surface area (Å²) in [6, 6.07) is 8.39. The van der Waals surface area contributed by atoms with Crippen LogP contribution in [0, 0.1) is 11.6 Å². The SMILES string of the molecule is C[C@@H]1CN(Cc2ccc(F)c(F)c2)CCN1C(=O)COc1ccc(Cl)cc1CC(=O)O. The van der Waals surface area contributed by atoms with Crippen molar-refractivity contribution >= 4 is 23.5 Å². The first-order valence-corrected chi connectivity index (χ1v) is 10.2. The number of halogens is 3. The average molecular weight is 453 g/mol. The predicted octanol–water partition coefficient (Wildman–Crippen LogP) is 3.36. The van der Waals surface area contributed by atoms with E-state index in [-0.39, 0.29) is 25.0 Å². The summed E-state index contributed by atoms with van der Waals surface area (Å²) in [4.78, 5) is 27.5. The third kappa shape index (κ3) is 6.15. The fraction of sp³-hybridized carbons (Fsp3) is 0.364. The molecule has 0 aromatic heterocycles. The zero-order valence-electron chi connectivity index (χ0n) is 17.0. The van der Waals surface area contributed by atoms with E-state index in [0.717, 1.165) is 6.07 Å². The van der Waals surface area contributed by atoms with Gasteiger partial charge in [-0.05, 0) is 42.8 Å². The van der Waals surface area contributed by atoms with Gasteiger partial charge in [0.05, 0.1) is 6.42 Å². The summed E-state index contributed by atoms with van der Waals surface area (Å²) < 4.78 is 32.1. The van der Waals surface area contributed by atoms with Crippen LogP contribution in [0.1, 0.15) is 18.1 Å². The smallest absolute Gasteiger partial charge is 0.307 e. The van der Waals surface area contributed by atoms with Gasteiger partial charge in [-0.1, -0.05) is 17.7 Å². The molecule has 0 bridgehead atoms. The lowest BCUT2D eigenvalue weighted by Gasteiger charge is -2.39. The monoisotopic (exact) mass is 452 g/mol. The molecule has 9 heteroatoms. The van der Waals surface area contributed by atoms with E-state index in [1.54, 1.807) is 23.1 Å². The van der Waals surface area contributed by atoms with Gasteiger partial charge >= 0.3 is 5.97 Å². The van der Waals surface area contributed by atoms with Gasteiger partial charge in [0.2, 0.25) is 0 Å². The predicted molar refractivity (Wildman–Crippen MR) is 111 cm³/mol. The van der Waals surface area contributed by atoms with Gasteiger partial charge < -0.3 is 14.7 Å². The third-order valence-corrected chi connectivity index (χ3v) is 5.37. The lowest BCUT2D eigenvalue weighted by atomic mass is 10.1. The topological polar surface area (TPSA) is 70.1 Å². The molecule has 2 aromatic rings. The van der Waals surface area contributed by atoms with Crippen molar-refractivity contribution in [2.24, 2.45) is 0 Å². The van der Waals surface area contributed by atoms with Crippen molar-refractivity contribution in [1.82, 2.24) is 9.80 Å². The minimum absolute atomic E-state index is 0.0983. The molecule has 1 heterocycles. The van der Waals surface area contributed by atoms with Crippen molar-refractivity contribution in [2.45, 2.75) is 25.9 Å². The highest BCUT2D eigenvalue weighted by Gasteiger charge is 2.28. The van der Waals surface area contributed by atoms with Crippen molar-refractivity contribution in [3.05, 3.63) is 64.2 Å². The van der Waals surface area contributed by atoms with Gasteiger partial charge in [-0.25, -0.2) is 8.78 Å². The number of carboxylic acids is 1. The van der Waals surface area contributed by atoms with Gasteiger partial charge in [0, 0.05) is 42.8 Å². The van der Waals surface area contributed by atoms with E-state index in [9.17, 15) is 18.4 Å². The number of benzene rings is 2.